The number of ether oxygens (including phenoxy) is 1. The molecule has 1 aromatic rings. The third-order valence-corrected chi connectivity index (χ3v) is 4.83. The maximum Gasteiger partial charge on any atom is 0.115 e. The Kier molecular flexibility index (Phi) is 4.02. The van der Waals surface area contributed by atoms with Crippen molar-refractivity contribution in [3.05, 3.63) is 48.7 Å². The maximum absolute atomic E-state index is 6.01. The lowest BCUT2D eigenvalue weighted by atomic mass is 10.1. The van der Waals surface area contributed by atoms with E-state index in [1.807, 2.05) is 6.20 Å². The zero-order valence-electron chi connectivity index (χ0n) is 10.6. The molecule has 1 saturated heterocycles. The third kappa shape index (κ3) is 2.99. The molecule has 1 heterocycles. The monoisotopic (exact) mass is 247 g/mol. The van der Waals surface area contributed by atoms with E-state index in [9.17, 15) is 0 Å². The van der Waals surface area contributed by atoms with Crippen LogP contribution in [0.2, 0.25) is 0 Å². The molecular weight excluding hydrogens is 226 g/mol. The molecule has 0 bridgehead atoms. The first-order valence-electron chi connectivity index (χ1n) is 6.32. The van der Waals surface area contributed by atoms with E-state index in [2.05, 4.69) is 41.8 Å². The summed E-state index contributed by atoms with van der Waals surface area (Å²) < 4.78 is 6.01. The fraction of sp³-hybridized carbons (Fsp3) is 0.429. The Balaban J connectivity index is 2.08. The topological polar surface area (TPSA) is 12.5 Å². The van der Waals surface area contributed by atoms with Crippen molar-refractivity contribution in [2.75, 3.05) is 6.61 Å². The highest BCUT2D eigenvalue weighted by atomic mass is 28.1. The molecule has 1 fully saturated rings. The first-order valence-corrected chi connectivity index (χ1v) is 7.32. The largest absolute Gasteiger partial charge is 0.360 e. The second-order valence-corrected chi connectivity index (χ2v) is 6.34. The minimum atomic E-state index is -0.0458. The number of hydrogen-bond acceptors (Lipinski definition) is 2. The molecule has 1 atom stereocenters. The van der Waals surface area contributed by atoms with Crippen molar-refractivity contribution in [3.8, 4) is 0 Å². The van der Waals surface area contributed by atoms with Crippen LogP contribution in [0.3, 0.4) is 0 Å². The Bertz CT molecular complexity index is 360. The van der Waals surface area contributed by atoms with E-state index in [-0.39, 0.29) is 5.35 Å². The Labute approximate surface area is 107 Å². The zero-order chi connectivity index (χ0) is 12.1. The van der Waals surface area contributed by atoms with Crippen molar-refractivity contribution >= 4 is 10.2 Å². The van der Waals surface area contributed by atoms with Crippen LogP contribution in [-0.2, 0) is 11.3 Å². The van der Waals surface area contributed by atoms with E-state index >= 15 is 0 Å². The van der Waals surface area contributed by atoms with Crippen LogP contribution in [0.15, 0.2) is 43.1 Å². The van der Waals surface area contributed by atoms with Gasteiger partial charge in [0, 0.05) is 13.2 Å². The summed E-state index contributed by atoms with van der Waals surface area (Å²) >= 11 is 0. The van der Waals surface area contributed by atoms with Crippen molar-refractivity contribution < 1.29 is 4.74 Å². The molecular formula is C14H21NOSi. The second-order valence-electron chi connectivity index (χ2n) is 4.78. The van der Waals surface area contributed by atoms with E-state index in [1.54, 1.807) is 0 Å². The van der Waals surface area contributed by atoms with Gasteiger partial charge in [0.05, 0.1) is 10.2 Å². The van der Waals surface area contributed by atoms with E-state index < -0.39 is 0 Å². The van der Waals surface area contributed by atoms with Crippen molar-refractivity contribution in [2.45, 2.75) is 31.2 Å². The van der Waals surface area contributed by atoms with Crippen LogP contribution in [0.1, 0.15) is 24.8 Å². The highest BCUT2D eigenvalue weighted by Gasteiger charge is 2.32. The Morgan fingerprint density at radius 3 is 2.71 bits per heavy atom. The standard InChI is InChI=1S/C14H21NOSi/c1-2-15(12-13-8-4-3-5-9-13)14(17)10-6-7-11-16-14/h2-5,8-9H,1,6-7,10-12H2,17H3. The van der Waals surface area contributed by atoms with Gasteiger partial charge >= 0.3 is 0 Å². The summed E-state index contributed by atoms with van der Waals surface area (Å²) in [6.07, 6.45) is 5.53. The molecule has 1 aliphatic rings. The first kappa shape index (κ1) is 12.4. The zero-order valence-corrected chi connectivity index (χ0v) is 12.6. The Morgan fingerprint density at radius 2 is 2.12 bits per heavy atom. The minimum Gasteiger partial charge on any atom is -0.360 e. The maximum atomic E-state index is 6.01. The SMILES string of the molecule is C=CN(Cc1ccccc1)C1([SiH3])CCCCO1. The molecule has 2 nitrogen and oxygen atoms in total. The van der Waals surface area contributed by atoms with Gasteiger partial charge in [-0.3, -0.25) is 0 Å². The van der Waals surface area contributed by atoms with Gasteiger partial charge in [0.15, 0.2) is 0 Å². The molecule has 17 heavy (non-hydrogen) atoms. The van der Waals surface area contributed by atoms with Crippen molar-refractivity contribution in [1.29, 1.82) is 0 Å². The molecule has 92 valence electrons. The van der Waals surface area contributed by atoms with Gasteiger partial charge in [-0.25, -0.2) is 0 Å². The summed E-state index contributed by atoms with van der Waals surface area (Å²) in [6.45, 7) is 5.73. The van der Waals surface area contributed by atoms with Gasteiger partial charge in [0.25, 0.3) is 0 Å². The van der Waals surface area contributed by atoms with Crippen LogP contribution >= 0.6 is 0 Å². The lowest BCUT2D eigenvalue weighted by molar-refractivity contribution is -0.105. The van der Waals surface area contributed by atoms with E-state index in [0.29, 0.717) is 0 Å². The lowest BCUT2D eigenvalue weighted by Gasteiger charge is -2.43. The molecule has 0 saturated carbocycles. The van der Waals surface area contributed by atoms with Crippen LogP contribution in [0, 0.1) is 0 Å². The summed E-state index contributed by atoms with van der Waals surface area (Å²) in [5.41, 5.74) is 1.32. The van der Waals surface area contributed by atoms with Gasteiger partial charge in [-0.15, -0.1) is 0 Å². The predicted molar refractivity (Wildman–Crippen MR) is 74.7 cm³/mol. The molecule has 1 aliphatic heterocycles. The number of benzene rings is 1. The molecule has 1 aromatic carbocycles. The van der Waals surface area contributed by atoms with Crippen molar-refractivity contribution in [3.63, 3.8) is 0 Å². The average molecular weight is 247 g/mol. The molecule has 0 aliphatic carbocycles. The number of hydrogen-bond donors (Lipinski definition) is 0. The number of rotatable bonds is 4. The molecule has 0 spiro atoms. The van der Waals surface area contributed by atoms with Crippen molar-refractivity contribution in [2.24, 2.45) is 0 Å². The molecule has 2 rings (SSSR count). The van der Waals surface area contributed by atoms with Gasteiger partial charge in [0.1, 0.15) is 5.35 Å². The molecule has 0 amide bonds. The quantitative estimate of drug-likeness (QED) is 0.753. The normalized spacial score (nSPS) is 24.5. The highest BCUT2D eigenvalue weighted by molar-refractivity contribution is 6.14. The Hall–Kier alpha value is -1.06. The van der Waals surface area contributed by atoms with Crippen molar-refractivity contribution in [1.82, 2.24) is 4.90 Å². The van der Waals surface area contributed by atoms with Gasteiger partial charge < -0.3 is 9.64 Å². The summed E-state index contributed by atoms with van der Waals surface area (Å²) in [6, 6.07) is 10.5. The predicted octanol–water partition coefficient (Wildman–Crippen LogP) is 1.85. The van der Waals surface area contributed by atoms with Gasteiger partial charge in [0.2, 0.25) is 0 Å². The first-order chi connectivity index (χ1) is 8.24. The van der Waals surface area contributed by atoms with Gasteiger partial charge in [-0.1, -0.05) is 36.9 Å². The summed E-state index contributed by atoms with van der Waals surface area (Å²) in [7, 11) is 1.02. The van der Waals surface area contributed by atoms with Gasteiger partial charge in [-0.05, 0) is 31.0 Å². The molecule has 0 N–H and O–H groups in total. The summed E-state index contributed by atoms with van der Waals surface area (Å²) in [5, 5.41) is -0.0458. The smallest absolute Gasteiger partial charge is 0.115 e. The van der Waals surface area contributed by atoms with Gasteiger partial charge in [-0.2, -0.15) is 0 Å². The third-order valence-electron chi connectivity index (χ3n) is 3.47. The van der Waals surface area contributed by atoms with Crippen LogP contribution in [0.25, 0.3) is 0 Å². The number of nitrogens with zero attached hydrogens (tertiary/aromatic N) is 1. The lowest BCUT2D eigenvalue weighted by Crippen LogP contribution is -2.50. The molecule has 0 radical (unpaired) electrons. The van der Waals surface area contributed by atoms with Crippen LogP contribution in [0.5, 0.6) is 0 Å². The minimum absolute atomic E-state index is 0.0458. The van der Waals surface area contributed by atoms with E-state index in [4.69, 9.17) is 4.74 Å². The molecule has 1 unspecified atom stereocenters. The molecule has 3 heteroatoms. The van der Waals surface area contributed by atoms with Crippen LogP contribution in [-0.4, -0.2) is 27.1 Å². The fourth-order valence-electron chi connectivity index (χ4n) is 2.35. The van der Waals surface area contributed by atoms with Crippen LogP contribution < -0.4 is 0 Å². The van der Waals surface area contributed by atoms with Crippen LogP contribution in [0.4, 0.5) is 0 Å². The Morgan fingerprint density at radius 1 is 1.35 bits per heavy atom. The summed E-state index contributed by atoms with van der Waals surface area (Å²) in [4.78, 5) is 2.27. The summed E-state index contributed by atoms with van der Waals surface area (Å²) in [5.74, 6) is 0. The van der Waals surface area contributed by atoms with E-state index in [1.165, 1.54) is 18.4 Å². The van der Waals surface area contributed by atoms with E-state index in [0.717, 1.165) is 29.8 Å². The highest BCUT2D eigenvalue weighted by Crippen LogP contribution is 2.27. The second kappa shape index (κ2) is 5.51. The average Bonchev–Trinajstić information content (AvgIpc) is 2.38. The fourth-order valence-corrected chi connectivity index (χ4v) is 3.25. The molecule has 0 aromatic heterocycles.